The summed E-state index contributed by atoms with van der Waals surface area (Å²) in [6.45, 7) is 6.57. The Hall–Kier alpha value is -2.12. The average Bonchev–Trinajstić information content (AvgIpc) is 3.02. The van der Waals surface area contributed by atoms with E-state index in [1.54, 1.807) is 16.2 Å². The van der Waals surface area contributed by atoms with Crippen LogP contribution in [0.25, 0.3) is 10.2 Å². The van der Waals surface area contributed by atoms with Gasteiger partial charge in [0.1, 0.15) is 19.5 Å². The van der Waals surface area contributed by atoms with Crippen LogP contribution in [0, 0.1) is 13.8 Å². The van der Waals surface area contributed by atoms with Crippen molar-refractivity contribution >= 4 is 32.6 Å². The van der Waals surface area contributed by atoms with E-state index in [1.807, 2.05) is 0 Å². The molecule has 0 saturated carbocycles. The molecule has 1 aliphatic rings. The molecule has 140 valence electrons. The van der Waals surface area contributed by atoms with Crippen LogP contribution in [0.2, 0.25) is 0 Å². The summed E-state index contributed by atoms with van der Waals surface area (Å²) >= 11 is 1.55. The number of hydrogen-bond acceptors (Lipinski definition) is 5. The number of thiazole rings is 1. The Kier molecular flexibility index (Phi) is 5.78. The van der Waals surface area contributed by atoms with Gasteiger partial charge in [0.15, 0.2) is 5.13 Å². The maximum absolute atomic E-state index is 13.0. The first kappa shape index (κ1) is 18.7. The number of amides is 1. The molecular weight excluding hydrogens is 350 g/mol. The third kappa shape index (κ3) is 4.16. The number of aromatic nitrogens is 1. The quantitative estimate of drug-likeness (QED) is 0.833. The van der Waals surface area contributed by atoms with Gasteiger partial charge in [-0.05, 0) is 31.0 Å². The van der Waals surface area contributed by atoms with E-state index in [4.69, 9.17) is 14.5 Å². The largest absolute Gasteiger partial charge is 0.494 e. The summed E-state index contributed by atoms with van der Waals surface area (Å²) in [6.07, 6.45) is 2.30. The van der Waals surface area contributed by atoms with Gasteiger partial charge in [0.05, 0.1) is 30.9 Å². The minimum atomic E-state index is -0.188. The Morgan fingerprint density at radius 2 is 2.12 bits per heavy atom. The van der Waals surface area contributed by atoms with Gasteiger partial charge < -0.3 is 14.4 Å². The number of nitrogens with one attached hydrogen (secondary N) is 1. The molecule has 0 fully saturated rings. The summed E-state index contributed by atoms with van der Waals surface area (Å²) in [5, 5.41) is 0.711. The second-order valence-corrected chi connectivity index (χ2v) is 7.90. The van der Waals surface area contributed by atoms with Crippen molar-refractivity contribution in [1.82, 2.24) is 4.98 Å². The highest BCUT2D eigenvalue weighted by Gasteiger charge is 2.26. The van der Waals surface area contributed by atoms with Gasteiger partial charge in [-0.25, -0.2) is 4.98 Å². The number of rotatable bonds is 6. The monoisotopic (exact) mass is 376 g/mol. The average molecular weight is 377 g/mol. The topological polar surface area (TPSA) is 56.1 Å². The van der Waals surface area contributed by atoms with Crippen LogP contribution < -0.4 is 9.80 Å². The van der Waals surface area contributed by atoms with Crippen molar-refractivity contribution in [2.75, 3.05) is 45.3 Å². The standard InChI is InChI=1S/C19H25N3O3S/c1-13-10-14(2)17-16(11-13)26-19(20-17)22(7-5-6-21(3)4)18(23)15-12-24-8-9-25-15/h10-12H,5-9H2,1-4H3/p+1. The Labute approximate surface area is 158 Å². The molecule has 0 saturated heterocycles. The molecule has 3 rings (SSSR count). The number of nitrogens with zero attached hydrogens (tertiary/aromatic N) is 2. The van der Waals surface area contributed by atoms with Crippen LogP contribution in [0.4, 0.5) is 5.13 Å². The zero-order valence-corrected chi connectivity index (χ0v) is 16.6. The smallest absolute Gasteiger partial charge is 0.298 e. The Morgan fingerprint density at radius 3 is 2.81 bits per heavy atom. The van der Waals surface area contributed by atoms with Crippen molar-refractivity contribution in [3.8, 4) is 0 Å². The molecule has 1 aliphatic heterocycles. The highest BCUT2D eigenvalue weighted by molar-refractivity contribution is 7.22. The molecule has 0 unspecified atom stereocenters. The lowest BCUT2D eigenvalue weighted by atomic mass is 10.1. The van der Waals surface area contributed by atoms with E-state index in [1.165, 1.54) is 16.7 Å². The highest BCUT2D eigenvalue weighted by atomic mass is 32.1. The van der Waals surface area contributed by atoms with E-state index in [-0.39, 0.29) is 11.7 Å². The zero-order valence-electron chi connectivity index (χ0n) is 15.8. The van der Waals surface area contributed by atoms with Crippen molar-refractivity contribution in [2.24, 2.45) is 0 Å². The lowest BCUT2D eigenvalue weighted by molar-refractivity contribution is -0.858. The van der Waals surface area contributed by atoms with Crippen molar-refractivity contribution in [3.05, 3.63) is 35.3 Å². The second-order valence-electron chi connectivity index (χ2n) is 6.89. The molecule has 26 heavy (non-hydrogen) atoms. The maximum Gasteiger partial charge on any atom is 0.298 e. The first-order valence-corrected chi connectivity index (χ1v) is 9.70. The molecule has 6 nitrogen and oxygen atoms in total. The molecule has 0 aliphatic carbocycles. The van der Waals surface area contributed by atoms with E-state index < -0.39 is 0 Å². The number of hydrogen-bond donors (Lipinski definition) is 1. The van der Waals surface area contributed by atoms with E-state index in [0.29, 0.717) is 24.9 Å². The van der Waals surface area contributed by atoms with Crippen LogP contribution in [-0.2, 0) is 14.3 Å². The molecule has 0 atom stereocenters. The zero-order chi connectivity index (χ0) is 18.7. The van der Waals surface area contributed by atoms with Crippen LogP contribution in [0.3, 0.4) is 0 Å². The van der Waals surface area contributed by atoms with Crippen molar-refractivity contribution < 1.29 is 19.2 Å². The molecule has 1 N–H and O–H groups in total. The predicted octanol–water partition coefficient (Wildman–Crippen LogP) is 1.67. The first-order valence-electron chi connectivity index (χ1n) is 8.89. The molecule has 0 spiro atoms. The third-order valence-corrected chi connectivity index (χ3v) is 5.24. The van der Waals surface area contributed by atoms with E-state index in [0.717, 1.165) is 28.7 Å². The fraction of sp³-hybridized carbons (Fsp3) is 0.474. The fourth-order valence-electron chi connectivity index (χ4n) is 2.96. The Balaban J connectivity index is 1.92. The number of benzene rings is 1. The molecule has 1 amide bonds. The molecule has 1 aromatic carbocycles. The van der Waals surface area contributed by atoms with E-state index in [9.17, 15) is 4.79 Å². The van der Waals surface area contributed by atoms with Crippen LogP contribution in [0.15, 0.2) is 24.2 Å². The number of anilines is 1. The number of carbonyl (C=O) groups excluding carboxylic acids is 1. The molecule has 0 radical (unpaired) electrons. The van der Waals surface area contributed by atoms with Crippen molar-refractivity contribution in [1.29, 1.82) is 0 Å². The number of quaternary nitrogens is 1. The summed E-state index contributed by atoms with van der Waals surface area (Å²) in [4.78, 5) is 20.9. The summed E-state index contributed by atoms with van der Waals surface area (Å²) < 4.78 is 11.9. The number of ether oxygens (including phenoxy) is 2. The maximum atomic E-state index is 13.0. The summed E-state index contributed by atoms with van der Waals surface area (Å²) in [6, 6.07) is 4.24. The predicted molar refractivity (Wildman–Crippen MR) is 104 cm³/mol. The summed E-state index contributed by atoms with van der Waals surface area (Å²) in [7, 11) is 4.22. The second kappa shape index (κ2) is 8.05. The van der Waals surface area contributed by atoms with Gasteiger partial charge in [0.2, 0.25) is 5.76 Å². The van der Waals surface area contributed by atoms with Gasteiger partial charge in [0, 0.05) is 13.0 Å². The summed E-state index contributed by atoms with van der Waals surface area (Å²) in [5.74, 6) is 0.0625. The van der Waals surface area contributed by atoms with Gasteiger partial charge >= 0.3 is 0 Å². The van der Waals surface area contributed by atoms with Gasteiger partial charge in [-0.15, -0.1) is 0 Å². The number of aryl methyl sites for hydroxylation is 2. The minimum Gasteiger partial charge on any atom is -0.494 e. The van der Waals surface area contributed by atoms with Crippen LogP contribution in [0.1, 0.15) is 17.5 Å². The third-order valence-electron chi connectivity index (χ3n) is 4.21. The van der Waals surface area contributed by atoms with Crippen molar-refractivity contribution in [2.45, 2.75) is 20.3 Å². The van der Waals surface area contributed by atoms with Crippen molar-refractivity contribution in [3.63, 3.8) is 0 Å². The molecule has 2 heterocycles. The van der Waals surface area contributed by atoms with Crippen LogP contribution >= 0.6 is 11.3 Å². The lowest BCUT2D eigenvalue weighted by Crippen LogP contribution is -3.05. The fourth-order valence-corrected chi connectivity index (χ4v) is 4.13. The van der Waals surface area contributed by atoms with Crippen LogP contribution in [0.5, 0.6) is 0 Å². The van der Waals surface area contributed by atoms with E-state index >= 15 is 0 Å². The Morgan fingerprint density at radius 1 is 1.31 bits per heavy atom. The van der Waals surface area contributed by atoms with E-state index in [2.05, 4.69) is 40.1 Å². The molecular formula is C19H26N3O3S+. The first-order chi connectivity index (χ1) is 12.5. The van der Waals surface area contributed by atoms with Gasteiger partial charge in [-0.1, -0.05) is 17.4 Å². The summed E-state index contributed by atoms with van der Waals surface area (Å²) in [5.41, 5.74) is 3.29. The molecule has 0 bridgehead atoms. The Bertz CT molecular complexity index is 829. The van der Waals surface area contributed by atoms with Gasteiger partial charge in [0.25, 0.3) is 5.91 Å². The normalized spacial score (nSPS) is 14.1. The highest BCUT2D eigenvalue weighted by Crippen LogP contribution is 2.32. The minimum absolute atomic E-state index is 0.188. The van der Waals surface area contributed by atoms with Gasteiger partial charge in [-0.3, -0.25) is 9.69 Å². The van der Waals surface area contributed by atoms with Crippen LogP contribution in [-0.4, -0.2) is 51.3 Å². The number of fused-ring (bicyclic) bond motifs is 1. The molecule has 1 aromatic heterocycles. The SMILES string of the molecule is Cc1cc(C)c2nc(N(CCC[NH+](C)C)C(=O)C3=COCCO3)sc2c1. The lowest BCUT2D eigenvalue weighted by Gasteiger charge is -2.23. The number of carbonyl (C=O) groups is 1. The van der Waals surface area contributed by atoms with Gasteiger partial charge in [-0.2, -0.15) is 0 Å². The molecule has 2 aromatic rings. The molecule has 7 heteroatoms.